The highest BCUT2D eigenvalue weighted by atomic mass is 19.3. The highest BCUT2D eigenvalue weighted by molar-refractivity contribution is 6.00. The Bertz CT molecular complexity index is 971. The predicted molar refractivity (Wildman–Crippen MR) is 97.7 cm³/mol. The van der Waals surface area contributed by atoms with Gasteiger partial charge in [0.2, 0.25) is 0 Å². The molecule has 0 saturated carbocycles. The zero-order valence-electron chi connectivity index (χ0n) is 15.0. The highest BCUT2D eigenvalue weighted by Crippen LogP contribution is 2.28. The van der Waals surface area contributed by atoms with Crippen LogP contribution >= 0.6 is 0 Å². The van der Waals surface area contributed by atoms with Gasteiger partial charge in [-0.05, 0) is 32.3 Å². The monoisotopic (exact) mass is 370 g/mol. The number of hydrogen-bond donors (Lipinski definition) is 0. The van der Waals surface area contributed by atoms with Crippen molar-refractivity contribution in [1.29, 1.82) is 0 Å². The van der Waals surface area contributed by atoms with Crippen LogP contribution in [0, 0.1) is 0 Å². The van der Waals surface area contributed by atoms with Crippen molar-refractivity contribution in [3.63, 3.8) is 0 Å². The Morgan fingerprint density at radius 3 is 2.70 bits per heavy atom. The van der Waals surface area contributed by atoms with Crippen LogP contribution in [0.4, 0.5) is 8.78 Å². The number of fused-ring (bicyclic) bond motifs is 1. The van der Waals surface area contributed by atoms with E-state index in [0.29, 0.717) is 17.8 Å². The summed E-state index contributed by atoms with van der Waals surface area (Å²) in [6.07, 6.45) is 1.60. The first-order valence-electron chi connectivity index (χ1n) is 9.09. The molecule has 1 aliphatic rings. The van der Waals surface area contributed by atoms with Gasteiger partial charge in [0.25, 0.3) is 12.3 Å². The smallest absolute Gasteiger partial charge is 0.280 e. The molecule has 0 spiro atoms. The second-order valence-electron chi connectivity index (χ2n) is 6.87. The molecule has 1 fully saturated rings. The Labute approximate surface area is 155 Å². The lowest BCUT2D eigenvalue weighted by Crippen LogP contribution is -2.42. The molecule has 1 saturated heterocycles. The molecule has 0 bridgehead atoms. The lowest BCUT2D eigenvalue weighted by Gasteiger charge is -2.33. The fraction of sp³-hybridized carbons (Fsp3) is 0.350. The molecule has 4 rings (SSSR count). The third-order valence-electron chi connectivity index (χ3n) is 5.09. The van der Waals surface area contributed by atoms with Crippen molar-refractivity contribution in [1.82, 2.24) is 19.5 Å². The van der Waals surface area contributed by atoms with Gasteiger partial charge in [-0.25, -0.2) is 18.3 Å². The largest absolute Gasteiger partial charge is 0.336 e. The summed E-state index contributed by atoms with van der Waals surface area (Å²) in [4.78, 5) is 19.4. The van der Waals surface area contributed by atoms with E-state index in [1.807, 2.05) is 25.1 Å². The molecule has 0 N–H and O–H groups in total. The van der Waals surface area contributed by atoms with Crippen LogP contribution in [0.15, 0.2) is 42.6 Å². The normalized spacial score (nSPS) is 17.6. The number of aromatic nitrogens is 3. The summed E-state index contributed by atoms with van der Waals surface area (Å²) in [5.41, 5.74) is 1.29. The quantitative estimate of drug-likeness (QED) is 0.689. The van der Waals surface area contributed by atoms with Crippen LogP contribution in [-0.2, 0) is 0 Å². The third kappa shape index (κ3) is 3.18. The first kappa shape index (κ1) is 17.6. The minimum atomic E-state index is -2.73. The zero-order chi connectivity index (χ0) is 19.0. The number of piperidine rings is 1. The molecule has 3 heterocycles. The van der Waals surface area contributed by atoms with Gasteiger partial charge >= 0.3 is 0 Å². The van der Waals surface area contributed by atoms with Gasteiger partial charge in [0.1, 0.15) is 11.3 Å². The average molecular weight is 370 g/mol. The molecule has 0 radical (unpaired) electrons. The van der Waals surface area contributed by atoms with Crippen LogP contribution in [0.3, 0.4) is 0 Å². The standard InChI is InChI=1S/C20H20F2N4O/c1-13-7-5-6-10-25(13)20(27)15-12-23-26-17(18(21)22)11-16(24-19(15)26)14-8-3-2-4-9-14/h2-4,8-9,11-13,18H,5-7,10H2,1H3/t13-/m1/s1. The number of hydrogen-bond acceptors (Lipinski definition) is 3. The van der Waals surface area contributed by atoms with E-state index in [0.717, 1.165) is 23.8 Å². The van der Waals surface area contributed by atoms with Crippen molar-refractivity contribution in [2.75, 3.05) is 6.54 Å². The highest BCUT2D eigenvalue weighted by Gasteiger charge is 2.28. The number of nitrogens with zero attached hydrogens (tertiary/aromatic N) is 4. The number of benzene rings is 1. The van der Waals surface area contributed by atoms with Crippen molar-refractivity contribution >= 4 is 11.6 Å². The molecule has 3 aromatic rings. The van der Waals surface area contributed by atoms with Gasteiger partial charge in [-0.3, -0.25) is 4.79 Å². The maximum Gasteiger partial charge on any atom is 0.280 e. The van der Waals surface area contributed by atoms with Gasteiger partial charge in [-0.15, -0.1) is 0 Å². The fourth-order valence-corrected chi connectivity index (χ4v) is 3.60. The van der Waals surface area contributed by atoms with Crippen LogP contribution in [0.25, 0.3) is 16.9 Å². The molecule has 27 heavy (non-hydrogen) atoms. The van der Waals surface area contributed by atoms with Gasteiger partial charge in [0.15, 0.2) is 5.65 Å². The summed E-state index contributed by atoms with van der Waals surface area (Å²) in [6.45, 7) is 2.67. The summed E-state index contributed by atoms with van der Waals surface area (Å²) in [6, 6.07) is 10.5. The molecule has 1 aromatic carbocycles. The summed E-state index contributed by atoms with van der Waals surface area (Å²) >= 11 is 0. The molecule has 1 amide bonds. The first-order valence-corrected chi connectivity index (χ1v) is 9.09. The molecule has 0 unspecified atom stereocenters. The minimum Gasteiger partial charge on any atom is -0.336 e. The number of amides is 1. The Hall–Kier alpha value is -2.83. The van der Waals surface area contributed by atoms with Crippen LogP contribution in [-0.4, -0.2) is 38.0 Å². The zero-order valence-corrected chi connectivity index (χ0v) is 15.0. The van der Waals surface area contributed by atoms with Gasteiger partial charge in [0, 0.05) is 18.2 Å². The molecule has 1 atom stereocenters. The van der Waals surface area contributed by atoms with Crippen molar-refractivity contribution in [3.05, 3.63) is 53.9 Å². The van der Waals surface area contributed by atoms with E-state index in [1.165, 1.54) is 12.3 Å². The predicted octanol–water partition coefficient (Wildman–Crippen LogP) is 4.35. The maximum absolute atomic E-state index is 13.6. The lowest BCUT2D eigenvalue weighted by atomic mass is 10.0. The van der Waals surface area contributed by atoms with Crippen LogP contribution in [0.1, 0.15) is 48.7 Å². The Balaban J connectivity index is 1.85. The molecule has 140 valence electrons. The third-order valence-corrected chi connectivity index (χ3v) is 5.09. The summed E-state index contributed by atoms with van der Waals surface area (Å²) in [5.74, 6) is -0.199. The fourth-order valence-electron chi connectivity index (χ4n) is 3.60. The Morgan fingerprint density at radius 1 is 1.22 bits per heavy atom. The maximum atomic E-state index is 13.6. The second kappa shape index (κ2) is 7.06. The van der Waals surface area contributed by atoms with Crippen LogP contribution < -0.4 is 0 Å². The van der Waals surface area contributed by atoms with Crippen molar-refractivity contribution < 1.29 is 13.6 Å². The topological polar surface area (TPSA) is 50.5 Å². The lowest BCUT2D eigenvalue weighted by molar-refractivity contribution is 0.0637. The number of carbonyl (C=O) groups is 1. The molecular weight excluding hydrogens is 350 g/mol. The summed E-state index contributed by atoms with van der Waals surface area (Å²) in [5, 5.41) is 4.04. The number of carbonyl (C=O) groups excluding carboxylic acids is 1. The molecule has 2 aromatic heterocycles. The summed E-state index contributed by atoms with van der Waals surface area (Å²) in [7, 11) is 0. The van der Waals surface area contributed by atoms with Gasteiger partial charge < -0.3 is 4.90 Å². The Morgan fingerprint density at radius 2 is 2.00 bits per heavy atom. The van der Waals surface area contributed by atoms with E-state index in [2.05, 4.69) is 10.1 Å². The molecule has 7 heteroatoms. The average Bonchev–Trinajstić information content (AvgIpc) is 3.11. The summed E-state index contributed by atoms with van der Waals surface area (Å²) < 4.78 is 28.4. The number of rotatable bonds is 3. The van der Waals surface area contributed by atoms with Crippen molar-refractivity contribution in [3.8, 4) is 11.3 Å². The van der Waals surface area contributed by atoms with E-state index in [1.54, 1.807) is 17.0 Å². The van der Waals surface area contributed by atoms with E-state index < -0.39 is 6.43 Å². The number of halogens is 2. The molecule has 0 aliphatic carbocycles. The molecular formula is C20H20F2N4O. The van der Waals surface area contributed by atoms with E-state index in [4.69, 9.17) is 0 Å². The van der Waals surface area contributed by atoms with E-state index in [-0.39, 0.29) is 28.9 Å². The van der Waals surface area contributed by atoms with Crippen molar-refractivity contribution in [2.24, 2.45) is 0 Å². The molecule has 5 nitrogen and oxygen atoms in total. The Kier molecular flexibility index (Phi) is 4.59. The molecule has 1 aliphatic heterocycles. The second-order valence-corrected chi connectivity index (χ2v) is 6.87. The number of alkyl halides is 2. The SMILES string of the molecule is C[C@@H]1CCCCN1C(=O)c1cnn2c(C(F)F)cc(-c3ccccc3)nc12. The van der Waals surface area contributed by atoms with E-state index >= 15 is 0 Å². The number of likely N-dealkylation sites (tertiary alicyclic amines) is 1. The van der Waals surface area contributed by atoms with Gasteiger partial charge in [-0.1, -0.05) is 30.3 Å². The van der Waals surface area contributed by atoms with Gasteiger partial charge in [-0.2, -0.15) is 5.10 Å². The minimum absolute atomic E-state index is 0.119. The van der Waals surface area contributed by atoms with Crippen molar-refractivity contribution in [2.45, 2.75) is 38.7 Å². The van der Waals surface area contributed by atoms with Gasteiger partial charge in [0.05, 0.1) is 11.9 Å². The van der Waals surface area contributed by atoms with Crippen LogP contribution in [0.2, 0.25) is 0 Å². The van der Waals surface area contributed by atoms with Crippen LogP contribution in [0.5, 0.6) is 0 Å². The van der Waals surface area contributed by atoms with E-state index in [9.17, 15) is 13.6 Å². The first-order chi connectivity index (χ1) is 13.1.